The number of nitrogens with zero attached hydrogens (tertiary/aromatic N) is 2. The van der Waals surface area contributed by atoms with Crippen molar-refractivity contribution in [3.63, 3.8) is 0 Å². The fourth-order valence-electron chi connectivity index (χ4n) is 2.46. The van der Waals surface area contributed by atoms with Crippen LogP contribution in [0, 0.1) is 6.92 Å². The Morgan fingerprint density at radius 2 is 1.92 bits per heavy atom. The molecule has 0 saturated carbocycles. The summed E-state index contributed by atoms with van der Waals surface area (Å²) in [6.45, 7) is 2.64. The van der Waals surface area contributed by atoms with Gasteiger partial charge in [0.05, 0.1) is 12.4 Å². The number of amides is 1. The van der Waals surface area contributed by atoms with Crippen LogP contribution in [0.2, 0.25) is 5.02 Å². The molecular formula is C20H19ClN4O. The fourth-order valence-corrected chi connectivity index (χ4v) is 2.68. The number of rotatable bonds is 6. The van der Waals surface area contributed by atoms with Crippen LogP contribution in [-0.4, -0.2) is 22.4 Å². The van der Waals surface area contributed by atoms with E-state index in [0.717, 1.165) is 28.3 Å². The first-order valence-corrected chi connectivity index (χ1v) is 8.67. The minimum atomic E-state index is -0.280. The Morgan fingerprint density at radius 1 is 1.08 bits per heavy atom. The van der Waals surface area contributed by atoms with Gasteiger partial charge in [-0.1, -0.05) is 41.9 Å². The van der Waals surface area contributed by atoms with E-state index in [0.29, 0.717) is 12.4 Å². The Morgan fingerprint density at radius 3 is 2.65 bits per heavy atom. The smallest absolute Gasteiger partial charge is 0.275 e. The second kappa shape index (κ2) is 8.45. The van der Waals surface area contributed by atoms with Crippen LogP contribution in [0.4, 0.5) is 11.5 Å². The molecule has 5 nitrogen and oxygen atoms in total. The van der Waals surface area contributed by atoms with Gasteiger partial charge >= 0.3 is 0 Å². The molecule has 0 atom stereocenters. The van der Waals surface area contributed by atoms with E-state index in [4.69, 9.17) is 11.6 Å². The number of para-hydroxylation sites is 1. The van der Waals surface area contributed by atoms with Gasteiger partial charge in [-0.2, -0.15) is 0 Å². The second-order valence-electron chi connectivity index (χ2n) is 5.86. The predicted octanol–water partition coefficient (Wildman–Crippen LogP) is 4.35. The molecule has 26 heavy (non-hydrogen) atoms. The van der Waals surface area contributed by atoms with Crippen molar-refractivity contribution in [2.45, 2.75) is 13.3 Å². The molecule has 0 saturated heterocycles. The number of carbonyl (C=O) groups excluding carboxylic acids is 1. The van der Waals surface area contributed by atoms with Gasteiger partial charge in [-0.05, 0) is 42.7 Å². The number of aromatic nitrogens is 2. The third-order valence-electron chi connectivity index (χ3n) is 3.89. The zero-order valence-electron chi connectivity index (χ0n) is 14.4. The van der Waals surface area contributed by atoms with Gasteiger partial charge in [0.15, 0.2) is 0 Å². The van der Waals surface area contributed by atoms with Crippen LogP contribution in [0.1, 0.15) is 21.6 Å². The van der Waals surface area contributed by atoms with Crippen LogP contribution >= 0.6 is 11.6 Å². The standard InChI is InChI=1S/C20H19ClN4O/c1-14-5-2-3-8-17(14)25-20(26)18-12-24-19(13-23-18)22-10-9-15-6-4-7-16(21)11-15/h2-8,11-13H,9-10H2,1H3,(H,22,24)(H,25,26). The molecular weight excluding hydrogens is 348 g/mol. The van der Waals surface area contributed by atoms with Gasteiger partial charge in [0.25, 0.3) is 5.91 Å². The largest absolute Gasteiger partial charge is 0.368 e. The lowest BCUT2D eigenvalue weighted by molar-refractivity contribution is 0.102. The van der Waals surface area contributed by atoms with Crippen molar-refractivity contribution in [2.75, 3.05) is 17.2 Å². The average Bonchev–Trinajstić information content (AvgIpc) is 2.64. The zero-order valence-corrected chi connectivity index (χ0v) is 15.1. The van der Waals surface area contributed by atoms with Crippen LogP contribution in [0.25, 0.3) is 0 Å². The van der Waals surface area contributed by atoms with E-state index in [1.807, 2.05) is 55.5 Å². The highest BCUT2D eigenvalue weighted by atomic mass is 35.5. The molecule has 2 aromatic carbocycles. The molecule has 0 radical (unpaired) electrons. The number of hydrogen-bond donors (Lipinski definition) is 2. The second-order valence-corrected chi connectivity index (χ2v) is 6.30. The van der Waals surface area contributed by atoms with E-state index in [1.54, 1.807) is 6.20 Å². The highest BCUT2D eigenvalue weighted by molar-refractivity contribution is 6.30. The van der Waals surface area contributed by atoms with Gasteiger partial charge in [0.2, 0.25) is 0 Å². The van der Waals surface area contributed by atoms with E-state index in [9.17, 15) is 4.79 Å². The lowest BCUT2D eigenvalue weighted by Crippen LogP contribution is -2.15. The summed E-state index contributed by atoms with van der Waals surface area (Å²) in [5.74, 6) is 0.344. The highest BCUT2D eigenvalue weighted by Crippen LogP contribution is 2.14. The molecule has 6 heteroatoms. The summed E-state index contributed by atoms with van der Waals surface area (Å²) in [4.78, 5) is 20.7. The number of halogens is 1. The monoisotopic (exact) mass is 366 g/mol. The van der Waals surface area contributed by atoms with Crippen LogP contribution in [0.15, 0.2) is 60.9 Å². The summed E-state index contributed by atoms with van der Waals surface area (Å²) in [5, 5.41) is 6.76. The molecule has 0 spiro atoms. The van der Waals surface area contributed by atoms with E-state index in [2.05, 4.69) is 20.6 Å². The third kappa shape index (κ3) is 4.80. The summed E-state index contributed by atoms with van der Waals surface area (Å²) in [5.41, 5.74) is 3.18. The molecule has 132 valence electrons. The highest BCUT2D eigenvalue weighted by Gasteiger charge is 2.09. The number of hydrogen-bond acceptors (Lipinski definition) is 4. The summed E-state index contributed by atoms with van der Waals surface area (Å²) >= 11 is 5.97. The molecule has 0 unspecified atom stereocenters. The molecule has 1 amide bonds. The van der Waals surface area contributed by atoms with Crippen molar-refractivity contribution in [2.24, 2.45) is 0 Å². The molecule has 0 aliphatic rings. The summed E-state index contributed by atoms with van der Waals surface area (Å²) in [6, 6.07) is 15.3. The number of anilines is 2. The third-order valence-corrected chi connectivity index (χ3v) is 4.12. The van der Waals surface area contributed by atoms with Crippen molar-refractivity contribution in [1.82, 2.24) is 9.97 Å². The van der Waals surface area contributed by atoms with Gasteiger partial charge in [-0.3, -0.25) is 4.79 Å². The number of carbonyl (C=O) groups is 1. The molecule has 0 bridgehead atoms. The minimum Gasteiger partial charge on any atom is -0.368 e. The van der Waals surface area contributed by atoms with E-state index in [1.165, 1.54) is 6.20 Å². The van der Waals surface area contributed by atoms with Crippen molar-refractivity contribution in [3.05, 3.63) is 82.8 Å². The topological polar surface area (TPSA) is 66.9 Å². The fraction of sp³-hybridized carbons (Fsp3) is 0.150. The molecule has 0 fully saturated rings. The first-order chi connectivity index (χ1) is 12.6. The molecule has 1 heterocycles. The molecule has 1 aromatic heterocycles. The van der Waals surface area contributed by atoms with Crippen molar-refractivity contribution in [3.8, 4) is 0 Å². The Balaban J connectivity index is 1.54. The maximum atomic E-state index is 12.3. The summed E-state index contributed by atoms with van der Waals surface area (Å²) in [6.07, 6.45) is 3.85. The summed E-state index contributed by atoms with van der Waals surface area (Å²) < 4.78 is 0. The number of aryl methyl sites for hydroxylation is 1. The van der Waals surface area contributed by atoms with E-state index in [-0.39, 0.29) is 11.6 Å². The maximum absolute atomic E-state index is 12.3. The normalized spacial score (nSPS) is 10.4. The van der Waals surface area contributed by atoms with Crippen LogP contribution < -0.4 is 10.6 Å². The van der Waals surface area contributed by atoms with Gasteiger partial charge < -0.3 is 10.6 Å². The first-order valence-electron chi connectivity index (χ1n) is 8.29. The Bertz CT molecular complexity index is 896. The molecule has 0 aliphatic heterocycles. The van der Waals surface area contributed by atoms with Crippen LogP contribution in [0.3, 0.4) is 0 Å². The predicted molar refractivity (Wildman–Crippen MR) is 105 cm³/mol. The van der Waals surface area contributed by atoms with Crippen molar-refractivity contribution >= 4 is 29.0 Å². The Labute approximate surface area is 157 Å². The van der Waals surface area contributed by atoms with Gasteiger partial charge in [0.1, 0.15) is 11.5 Å². The molecule has 3 aromatic rings. The van der Waals surface area contributed by atoms with Crippen LogP contribution in [0.5, 0.6) is 0 Å². The lowest BCUT2D eigenvalue weighted by atomic mass is 10.1. The average molecular weight is 367 g/mol. The maximum Gasteiger partial charge on any atom is 0.275 e. The van der Waals surface area contributed by atoms with Gasteiger partial charge in [0, 0.05) is 17.3 Å². The van der Waals surface area contributed by atoms with Gasteiger partial charge in [-0.15, -0.1) is 0 Å². The SMILES string of the molecule is Cc1ccccc1NC(=O)c1cnc(NCCc2cccc(Cl)c2)cn1. The quantitative estimate of drug-likeness (QED) is 0.680. The summed E-state index contributed by atoms with van der Waals surface area (Å²) in [7, 11) is 0. The molecule has 0 aliphatic carbocycles. The van der Waals surface area contributed by atoms with Crippen molar-refractivity contribution < 1.29 is 4.79 Å². The lowest BCUT2D eigenvalue weighted by Gasteiger charge is -2.08. The molecule has 3 rings (SSSR count). The van der Waals surface area contributed by atoms with Gasteiger partial charge in [-0.25, -0.2) is 9.97 Å². The molecule has 2 N–H and O–H groups in total. The number of nitrogens with one attached hydrogen (secondary N) is 2. The number of benzene rings is 2. The van der Waals surface area contributed by atoms with Crippen LogP contribution in [-0.2, 0) is 6.42 Å². The Hall–Kier alpha value is -2.92. The first kappa shape index (κ1) is 17.9. The van der Waals surface area contributed by atoms with Crippen molar-refractivity contribution in [1.29, 1.82) is 0 Å². The van der Waals surface area contributed by atoms with E-state index < -0.39 is 0 Å². The zero-order chi connectivity index (χ0) is 18.4. The van der Waals surface area contributed by atoms with E-state index >= 15 is 0 Å². The minimum absolute atomic E-state index is 0.272. The Kier molecular flexibility index (Phi) is 5.81.